The maximum atomic E-state index is 7.83. The van der Waals surface area contributed by atoms with Gasteiger partial charge >= 0.3 is 0 Å². The first-order valence-corrected chi connectivity index (χ1v) is 10.6. The molecule has 0 unspecified atom stereocenters. The van der Waals surface area contributed by atoms with Crippen molar-refractivity contribution in [3.8, 4) is 22.8 Å². The van der Waals surface area contributed by atoms with Crippen LogP contribution in [0.5, 0.6) is 11.5 Å². The minimum Gasteiger partial charge on any atom is -0.497 e. The topological polar surface area (TPSA) is 79.6 Å². The van der Waals surface area contributed by atoms with Crippen LogP contribution in [0.1, 0.15) is 0 Å². The molecule has 4 rings (SSSR count). The Morgan fingerprint density at radius 2 is 1.84 bits per heavy atom. The van der Waals surface area contributed by atoms with E-state index in [0.29, 0.717) is 6.73 Å². The van der Waals surface area contributed by atoms with Crippen LogP contribution in [0.15, 0.2) is 60.9 Å². The summed E-state index contributed by atoms with van der Waals surface area (Å²) in [6.07, 6.45) is 1.81. The fourth-order valence-corrected chi connectivity index (χ4v) is 3.34. The predicted octanol–water partition coefficient (Wildman–Crippen LogP) is 2.23. The van der Waals surface area contributed by atoms with Crippen molar-refractivity contribution in [2.24, 2.45) is 7.05 Å². The summed E-state index contributed by atoms with van der Waals surface area (Å²) >= 11 is 2.83. The number of anilines is 2. The lowest BCUT2D eigenvalue weighted by molar-refractivity contribution is -0.659. The molecule has 1 aliphatic rings. The number of methoxy groups -OCH3 is 1. The average molecular weight is 455 g/mol. The molecule has 0 saturated carbocycles. The number of benzene rings is 2. The number of aromatic nitrogens is 2. The van der Waals surface area contributed by atoms with Crippen LogP contribution in [0.25, 0.3) is 11.3 Å². The van der Waals surface area contributed by atoms with E-state index in [9.17, 15) is 0 Å². The van der Waals surface area contributed by atoms with E-state index in [-0.39, 0.29) is 0 Å². The van der Waals surface area contributed by atoms with Crippen LogP contribution in [0, 0.1) is 0 Å². The van der Waals surface area contributed by atoms with E-state index in [0.717, 1.165) is 60.4 Å². The SMILES string of the molecule is COc1cccc(Nc2cc(-c3ccc(OCN4CCNCC4)cc3)nc[n+]2C)c1.O=S. The van der Waals surface area contributed by atoms with Crippen LogP contribution in [-0.4, -0.2) is 54.1 Å². The summed E-state index contributed by atoms with van der Waals surface area (Å²) < 4.78 is 21.0. The molecule has 1 fully saturated rings. The standard InChI is InChI=1S/C23H27N5O2.OS/c1-27-16-25-22(15-23(27)26-19-4-3-5-21(14-19)29-2)18-6-8-20(9-7-18)30-17-28-12-10-24-11-13-28;1-2/h3-9,14-16,24H,10-13,17H2,1-2H3;/p+1. The molecule has 0 bridgehead atoms. The number of nitrogens with one attached hydrogen (secondary N) is 2. The number of piperazine rings is 1. The largest absolute Gasteiger partial charge is 0.497 e. The Kier molecular flexibility index (Phi) is 8.85. The molecule has 0 aliphatic carbocycles. The minimum absolute atomic E-state index is 0.620. The van der Waals surface area contributed by atoms with Crippen LogP contribution in [-0.2, 0) is 19.6 Å². The molecule has 2 N–H and O–H groups in total. The second kappa shape index (κ2) is 12.0. The van der Waals surface area contributed by atoms with Gasteiger partial charge in [0.05, 0.1) is 25.9 Å². The Morgan fingerprint density at radius 1 is 1.09 bits per heavy atom. The highest BCUT2D eigenvalue weighted by Gasteiger charge is 2.13. The smallest absolute Gasteiger partial charge is 0.229 e. The average Bonchev–Trinajstić information content (AvgIpc) is 2.86. The first-order valence-electron chi connectivity index (χ1n) is 10.3. The first kappa shape index (κ1) is 23.5. The highest BCUT2D eigenvalue weighted by atomic mass is 32.1. The maximum absolute atomic E-state index is 7.83. The molecule has 3 aromatic rings. The Labute approximate surface area is 193 Å². The van der Waals surface area contributed by atoms with Gasteiger partial charge in [0.1, 0.15) is 18.2 Å². The van der Waals surface area contributed by atoms with Crippen LogP contribution < -0.4 is 24.7 Å². The summed E-state index contributed by atoms with van der Waals surface area (Å²) in [6, 6.07) is 18.0. The molecule has 0 atom stereocenters. The first-order chi connectivity index (χ1) is 15.7. The van der Waals surface area contributed by atoms with Gasteiger partial charge in [0.2, 0.25) is 12.1 Å². The number of hydrogen-bond acceptors (Lipinski definition) is 8. The van der Waals surface area contributed by atoms with Gasteiger partial charge in [0, 0.05) is 37.8 Å². The Balaban J connectivity index is 0.00000141. The van der Waals surface area contributed by atoms with E-state index in [1.807, 2.05) is 72.5 Å². The fourth-order valence-electron chi connectivity index (χ4n) is 3.34. The second-order valence-electron chi connectivity index (χ2n) is 7.29. The van der Waals surface area contributed by atoms with Crippen molar-refractivity contribution in [3.63, 3.8) is 0 Å². The van der Waals surface area contributed by atoms with Gasteiger partial charge < -0.3 is 14.8 Å². The van der Waals surface area contributed by atoms with Gasteiger partial charge in [0.25, 0.3) is 0 Å². The molecule has 1 aromatic heterocycles. The molecule has 168 valence electrons. The molecule has 9 heteroatoms. The van der Waals surface area contributed by atoms with Gasteiger partial charge in [-0.2, -0.15) is 4.21 Å². The molecule has 1 saturated heterocycles. The van der Waals surface area contributed by atoms with Gasteiger partial charge in [-0.15, -0.1) is 4.98 Å². The summed E-state index contributed by atoms with van der Waals surface area (Å²) in [5.41, 5.74) is 2.89. The molecular weight excluding hydrogens is 426 g/mol. The van der Waals surface area contributed by atoms with E-state index >= 15 is 0 Å². The quantitative estimate of drug-likeness (QED) is 0.526. The molecule has 32 heavy (non-hydrogen) atoms. The molecule has 1 aliphatic heterocycles. The van der Waals surface area contributed by atoms with E-state index in [1.54, 1.807) is 7.11 Å². The Hall–Kier alpha value is -3.14. The predicted molar refractivity (Wildman–Crippen MR) is 125 cm³/mol. The minimum atomic E-state index is 0.620. The normalized spacial score (nSPS) is 13.6. The van der Waals surface area contributed by atoms with Crippen LogP contribution in [0.2, 0.25) is 0 Å². The Morgan fingerprint density at radius 3 is 2.56 bits per heavy atom. The highest BCUT2D eigenvalue weighted by molar-refractivity contribution is 7.44. The lowest BCUT2D eigenvalue weighted by atomic mass is 10.1. The van der Waals surface area contributed by atoms with Crippen molar-refractivity contribution < 1.29 is 18.2 Å². The van der Waals surface area contributed by atoms with Gasteiger partial charge in [0.15, 0.2) is 18.2 Å². The van der Waals surface area contributed by atoms with Crippen LogP contribution in [0.4, 0.5) is 11.5 Å². The summed E-state index contributed by atoms with van der Waals surface area (Å²) in [7, 11) is 3.63. The molecule has 0 amide bonds. The number of nitrogens with zero attached hydrogens (tertiary/aromatic N) is 3. The zero-order valence-electron chi connectivity index (χ0n) is 18.3. The van der Waals surface area contributed by atoms with Crippen molar-refractivity contribution in [2.45, 2.75) is 0 Å². The highest BCUT2D eigenvalue weighted by Crippen LogP contribution is 2.24. The molecule has 2 heterocycles. The number of aryl methyl sites for hydroxylation is 1. The van der Waals surface area contributed by atoms with Gasteiger partial charge in [-0.05, 0) is 36.4 Å². The van der Waals surface area contributed by atoms with E-state index < -0.39 is 0 Å². The third-order valence-corrected chi connectivity index (χ3v) is 5.14. The maximum Gasteiger partial charge on any atom is 0.229 e. The number of rotatable bonds is 7. The molecule has 2 aromatic carbocycles. The van der Waals surface area contributed by atoms with Crippen molar-refractivity contribution in [1.82, 2.24) is 15.2 Å². The summed E-state index contributed by atoms with van der Waals surface area (Å²) in [5, 5.41) is 6.78. The second-order valence-corrected chi connectivity index (χ2v) is 7.29. The van der Waals surface area contributed by atoms with Crippen molar-refractivity contribution in [3.05, 3.63) is 60.9 Å². The zero-order valence-corrected chi connectivity index (χ0v) is 19.1. The third-order valence-electron chi connectivity index (χ3n) is 5.14. The number of hydrogen-bond donors (Lipinski definition) is 2. The summed E-state index contributed by atoms with van der Waals surface area (Å²) in [5.74, 6) is 2.62. The molecular formula is C23H28N5O3S+. The van der Waals surface area contributed by atoms with Crippen LogP contribution >= 0.6 is 0 Å². The Bertz CT molecular complexity index is 997. The monoisotopic (exact) mass is 454 g/mol. The molecule has 0 radical (unpaired) electrons. The third kappa shape index (κ3) is 6.43. The van der Waals surface area contributed by atoms with Gasteiger partial charge in [-0.25, -0.2) is 4.57 Å². The fraction of sp³-hybridized carbons (Fsp3) is 0.304. The van der Waals surface area contributed by atoms with E-state index in [1.165, 1.54) is 0 Å². The lowest BCUT2D eigenvalue weighted by Crippen LogP contribution is -2.44. The van der Waals surface area contributed by atoms with Crippen LogP contribution in [0.3, 0.4) is 0 Å². The lowest BCUT2D eigenvalue weighted by Gasteiger charge is -2.26. The van der Waals surface area contributed by atoms with Crippen molar-refractivity contribution in [1.29, 1.82) is 0 Å². The van der Waals surface area contributed by atoms with Gasteiger partial charge in [-0.1, -0.05) is 6.07 Å². The van der Waals surface area contributed by atoms with Crippen molar-refractivity contribution >= 4 is 24.0 Å². The van der Waals surface area contributed by atoms with E-state index in [2.05, 4.69) is 33.1 Å². The van der Waals surface area contributed by atoms with E-state index in [4.69, 9.17) is 13.7 Å². The molecule has 8 nitrogen and oxygen atoms in total. The summed E-state index contributed by atoms with van der Waals surface area (Å²) in [6.45, 7) is 4.70. The zero-order chi connectivity index (χ0) is 22.8. The number of ether oxygens (including phenoxy) is 2. The van der Waals surface area contributed by atoms with Gasteiger partial charge in [-0.3, -0.25) is 10.2 Å². The summed E-state index contributed by atoms with van der Waals surface area (Å²) in [4.78, 5) is 6.88. The van der Waals surface area contributed by atoms with Crippen molar-refractivity contribution in [2.75, 3.05) is 45.3 Å². The molecule has 0 spiro atoms.